The van der Waals surface area contributed by atoms with Gasteiger partial charge in [-0.3, -0.25) is 0 Å². The molecule has 0 atom stereocenters. The van der Waals surface area contributed by atoms with Gasteiger partial charge in [0.1, 0.15) is 12.3 Å². The molecule has 0 unspecified atom stereocenters. The first kappa shape index (κ1) is 17.2. The van der Waals surface area contributed by atoms with E-state index >= 15 is 0 Å². The van der Waals surface area contributed by atoms with Crippen LogP contribution in [0, 0.1) is 0 Å². The highest BCUT2D eigenvalue weighted by atomic mass is 35.5. The van der Waals surface area contributed by atoms with Crippen LogP contribution in [0.1, 0.15) is 16.1 Å². The van der Waals surface area contributed by atoms with Gasteiger partial charge in [-0.2, -0.15) is 0 Å². The van der Waals surface area contributed by atoms with Crippen molar-refractivity contribution >= 4 is 18.4 Å². The van der Waals surface area contributed by atoms with Gasteiger partial charge in [0.2, 0.25) is 0 Å². The van der Waals surface area contributed by atoms with Crippen LogP contribution in [-0.2, 0) is 22.4 Å². The van der Waals surface area contributed by atoms with Gasteiger partial charge in [-0.05, 0) is 12.0 Å². The molecule has 0 saturated carbocycles. The molecule has 2 rings (SSSR count). The van der Waals surface area contributed by atoms with Gasteiger partial charge in [0.05, 0.1) is 19.1 Å². The number of hydrogen-bond acceptors (Lipinski definition) is 4. The second-order valence-electron chi connectivity index (χ2n) is 4.34. The third-order valence-corrected chi connectivity index (χ3v) is 2.93. The fourth-order valence-electron chi connectivity index (χ4n) is 1.85. The van der Waals surface area contributed by atoms with E-state index in [2.05, 4.69) is 17.1 Å². The lowest BCUT2D eigenvalue weighted by Gasteiger charge is -2.08. The standard InChI is InChI=1S/C15H18N2O3.ClH/c1-19-9-10-20-15(18)14-11-16-12-17(14)8-7-13-5-3-2-4-6-13;/h2-6,11-12H,7-10H2,1H3;1H. The van der Waals surface area contributed by atoms with Crippen molar-refractivity contribution in [3.8, 4) is 0 Å². The zero-order valence-corrected chi connectivity index (χ0v) is 12.7. The molecule has 0 fully saturated rings. The summed E-state index contributed by atoms with van der Waals surface area (Å²) in [6, 6.07) is 10.1. The van der Waals surface area contributed by atoms with Gasteiger partial charge >= 0.3 is 5.97 Å². The Labute approximate surface area is 130 Å². The third kappa shape index (κ3) is 5.21. The average Bonchev–Trinajstić information content (AvgIpc) is 2.95. The second kappa shape index (κ2) is 9.15. The SMILES string of the molecule is COCCOC(=O)c1cncn1CCc1ccccc1.Cl. The lowest BCUT2D eigenvalue weighted by molar-refractivity contribution is 0.0376. The summed E-state index contributed by atoms with van der Waals surface area (Å²) >= 11 is 0. The molecule has 0 aliphatic heterocycles. The minimum absolute atomic E-state index is 0. The molecule has 0 radical (unpaired) electrons. The smallest absolute Gasteiger partial charge is 0.356 e. The van der Waals surface area contributed by atoms with Crippen LogP contribution in [0.15, 0.2) is 42.9 Å². The van der Waals surface area contributed by atoms with Crippen LogP contribution >= 0.6 is 12.4 Å². The van der Waals surface area contributed by atoms with E-state index in [1.807, 2.05) is 22.8 Å². The highest BCUT2D eigenvalue weighted by Gasteiger charge is 2.12. The van der Waals surface area contributed by atoms with E-state index in [1.54, 1.807) is 13.4 Å². The highest BCUT2D eigenvalue weighted by molar-refractivity contribution is 5.87. The first-order valence-electron chi connectivity index (χ1n) is 6.51. The molecule has 2 aromatic rings. The molecule has 0 aliphatic carbocycles. The molecule has 0 bridgehead atoms. The number of carbonyl (C=O) groups excluding carboxylic acids is 1. The number of carbonyl (C=O) groups is 1. The maximum atomic E-state index is 11.9. The Balaban J connectivity index is 0.00000220. The fraction of sp³-hybridized carbons (Fsp3) is 0.333. The van der Waals surface area contributed by atoms with Crippen molar-refractivity contribution in [3.63, 3.8) is 0 Å². The monoisotopic (exact) mass is 310 g/mol. The van der Waals surface area contributed by atoms with Crippen LogP contribution in [0.5, 0.6) is 0 Å². The first-order chi connectivity index (χ1) is 9.81. The van der Waals surface area contributed by atoms with Crippen LogP contribution < -0.4 is 0 Å². The molecule has 0 aliphatic rings. The van der Waals surface area contributed by atoms with E-state index in [4.69, 9.17) is 9.47 Å². The van der Waals surface area contributed by atoms with Crippen LogP contribution in [0.2, 0.25) is 0 Å². The number of hydrogen-bond donors (Lipinski definition) is 0. The van der Waals surface area contributed by atoms with Crippen molar-refractivity contribution in [2.24, 2.45) is 0 Å². The summed E-state index contributed by atoms with van der Waals surface area (Å²) in [5.74, 6) is -0.368. The largest absolute Gasteiger partial charge is 0.459 e. The molecule has 0 spiro atoms. The van der Waals surface area contributed by atoms with E-state index in [1.165, 1.54) is 11.8 Å². The van der Waals surface area contributed by atoms with Crippen molar-refractivity contribution in [1.82, 2.24) is 9.55 Å². The lowest BCUT2D eigenvalue weighted by atomic mass is 10.1. The summed E-state index contributed by atoms with van der Waals surface area (Å²) in [5, 5.41) is 0. The third-order valence-electron chi connectivity index (χ3n) is 2.93. The topological polar surface area (TPSA) is 53.4 Å². The molecule has 6 heteroatoms. The summed E-state index contributed by atoms with van der Waals surface area (Å²) in [6.07, 6.45) is 4.02. The van der Waals surface area contributed by atoms with E-state index in [9.17, 15) is 4.79 Å². The quantitative estimate of drug-likeness (QED) is 0.582. The van der Waals surface area contributed by atoms with Gasteiger partial charge in [0, 0.05) is 13.7 Å². The number of aromatic nitrogens is 2. The minimum atomic E-state index is -0.368. The Bertz CT molecular complexity index is 543. The Morgan fingerprint density at radius 1 is 1.24 bits per heavy atom. The molecular formula is C15H19ClN2O3. The van der Waals surface area contributed by atoms with Gasteiger partial charge in [-0.1, -0.05) is 30.3 Å². The van der Waals surface area contributed by atoms with Crippen LogP contribution in [-0.4, -0.2) is 35.8 Å². The molecular weight excluding hydrogens is 292 g/mol. The Morgan fingerprint density at radius 2 is 2.00 bits per heavy atom. The number of methoxy groups -OCH3 is 1. The minimum Gasteiger partial charge on any atom is -0.459 e. The van der Waals surface area contributed by atoms with E-state index in [-0.39, 0.29) is 25.0 Å². The van der Waals surface area contributed by atoms with Crippen molar-refractivity contribution in [3.05, 3.63) is 54.1 Å². The maximum absolute atomic E-state index is 11.9. The number of benzene rings is 1. The first-order valence-corrected chi connectivity index (χ1v) is 6.51. The van der Waals surface area contributed by atoms with Crippen molar-refractivity contribution in [2.45, 2.75) is 13.0 Å². The van der Waals surface area contributed by atoms with Crippen LogP contribution in [0.3, 0.4) is 0 Å². The number of ether oxygens (including phenoxy) is 2. The van der Waals surface area contributed by atoms with Gasteiger partial charge in [-0.15, -0.1) is 12.4 Å². The van der Waals surface area contributed by atoms with Crippen molar-refractivity contribution < 1.29 is 14.3 Å². The molecule has 21 heavy (non-hydrogen) atoms. The molecule has 0 amide bonds. The summed E-state index contributed by atoms with van der Waals surface area (Å²) < 4.78 is 11.7. The van der Waals surface area contributed by atoms with Crippen molar-refractivity contribution in [2.75, 3.05) is 20.3 Å². The molecule has 1 heterocycles. The second-order valence-corrected chi connectivity index (χ2v) is 4.34. The van der Waals surface area contributed by atoms with E-state index < -0.39 is 0 Å². The van der Waals surface area contributed by atoms with E-state index in [0.717, 1.165) is 6.42 Å². The zero-order chi connectivity index (χ0) is 14.2. The lowest BCUT2D eigenvalue weighted by Crippen LogP contribution is -2.15. The Morgan fingerprint density at radius 3 is 2.71 bits per heavy atom. The fourth-order valence-corrected chi connectivity index (χ4v) is 1.85. The number of nitrogens with zero attached hydrogens (tertiary/aromatic N) is 2. The highest BCUT2D eigenvalue weighted by Crippen LogP contribution is 2.06. The number of aryl methyl sites for hydroxylation is 2. The zero-order valence-electron chi connectivity index (χ0n) is 11.9. The molecule has 114 valence electrons. The molecule has 0 saturated heterocycles. The van der Waals surface area contributed by atoms with Gasteiger partial charge < -0.3 is 14.0 Å². The number of rotatable bonds is 7. The summed E-state index contributed by atoms with van der Waals surface area (Å²) in [4.78, 5) is 15.9. The summed E-state index contributed by atoms with van der Waals surface area (Å²) in [7, 11) is 1.57. The maximum Gasteiger partial charge on any atom is 0.356 e. The van der Waals surface area contributed by atoms with E-state index in [0.29, 0.717) is 18.8 Å². The van der Waals surface area contributed by atoms with Crippen molar-refractivity contribution in [1.29, 1.82) is 0 Å². The number of esters is 1. The number of halogens is 1. The van der Waals surface area contributed by atoms with Crippen LogP contribution in [0.25, 0.3) is 0 Å². The molecule has 0 N–H and O–H groups in total. The predicted molar refractivity (Wildman–Crippen MR) is 81.8 cm³/mol. The summed E-state index contributed by atoms with van der Waals surface area (Å²) in [5.41, 5.74) is 1.69. The Kier molecular flexibility index (Phi) is 7.50. The van der Waals surface area contributed by atoms with Gasteiger partial charge in [-0.25, -0.2) is 9.78 Å². The molecule has 1 aromatic carbocycles. The molecule has 1 aromatic heterocycles. The molecule has 5 nitrogen and oxygen atoms in total. The Hall–Kier alpha value is -1.85. The van der Waals surface area contributed by atoms with Crippen LogP contribution in [0.4, 0.5) is 0 Å². The van der Waals surface area contributed by atoms with Gasteiger partial charge in [0.15, 0.2) is 0 Å². The average molecular weight is 311 g/mol. The predicted octanol–water partition coefficient (Wildman–Crippen LogP) is 2.35. The van der Waals surface area contributed by atoms with Gasteiger partial charge in [0.25, 0.3) is 0 Å². The number of imidazole rings is 1. The summed E-state index contributed by atoms with van der Waals surface area (Å²) in [6.45, 7) is 1.34. The normalized spacial score (nSPS) is 9.95.